The third-order valence-electron chi connectivity index (χ3n) is 3.04. The van der Waals surface area contributed by atoms with Crippen LogP contribution in [0, 0.1) is 0 Å². The van der Waals surface area contributed by atoms with Crippen LogP contribution in [0.2, 0.25) is 0 Å². The van der Waals surface area contributed by atoms with Gasteiger partial charge in [-0.1, -0.05) is 18.2 Å². The summed E-state index contributed by atoms with van der Waals surface area (Å²) in [5, 5.41) is 2.71. The fourth-order valence-electron chi connectivity index (χ4n) is 1.98. The zero-order valence-electron chi connectivity index (χ0n) is 10.4. The van der Waals surface area contributed by atoms with Crippen molar-refractivity contribution in [2.24, 2.45) is 0 Å². The molecular formula is C12H17N3O3S. The number of para-hydroxylation sites is 1. The zero-order valence-corrected chi connectivity index (χ0v) is 11.2. The standard InChI is InChI=1S/C12H17N3O3S/c13-11-4-2-1-3-9(11)8-19(17,18)14-7-10-5-6-12(16)15-10/h1-4,10,14H,5-8,13H2,(H,15,16). The maximum atomic E-state index is 11.9. The van der Waals surface area contributed by atoms with Crippen molar-refractivity contribution in [2.75, 3.05) is 12.3 Å². The average molecular weight is 283 g/mol. The number of nitrogens with two attached hydrogens (primary N) is 1. The van der Waals surface area contributed by atoms with E-state index in [0.29, 0.717) is 24.1 Å². The second-order valence-electron chi connectivity index (χ2n) is 4.61. The van der Waals surface area contributed by atoms with E-state index in [-0.39, 0.29) is 24.2 Å². The minimum absolute atomic E-state index is 0.0310. The highest BCUT2D eigenvalue weighted by atomic mass is 32.2. The third-order valence-corrected chi connectivity index (χ3v) is 4.33. The average Bonchev–Trinajstić information content (AvgIpc) is 2.76. The molecule has 4 N–H and O–H groups in total. The van der Waals surface area contributed by atoms with Crippen LogP contribution < -0.4 is 15.8 Å². The van der Waals surface area contributed by atoms with E-state index in [0.717, 1.165) is 0 Å². The van der Waals surface area contributed by atoms with Crippen LogP contribution in [0.5, 0.6) is 0 Å². The minimum Gasteiger partial charge on any atom is -0.398 e. The molecular weight excluding hydrogens is 266 g/mol. The van der Waals surface area contributed by atoms with Gasteiger partial charge in [-0.05, 0) is 18.1 Å². The molecule has 7 heteroatoms. The molecule has 0 saturated carbocycles. The number of anilines is 1. The van der Waals surface area contributed by atoms with Crippen LogP contribution in [0.25, 0.3) is 0 Å². The number of benzene rings is 1. The van der Waals surface area contributed by atoms with Gasteiger partial charge in [0.15, 0.2) is 0 Å². The summed E-state index contributed by atoms with van der Waals surface area (Å²) < 4.78 is 26.3. The summed E-state index contributed by atoms with van der Waals surface area (Å²) in [6, 6.07) is 6.75. The third kappa shape index (κ3) is 3.93. The smallest absolute Gasteiger partial charge is 0.220 e. The minimum atomic E-state index is -3.44. The normalized spacial score (nSPS) is 19.4. The Morgan fingerprint density at radius 3 is 2.74 bits per heavy atom. The number of hydrogen-bond donors (Lipinski definition) is 3. The van der Waals surface area contributed by atoms with Gasteiger partial charge in [-0.3, -0.25) is 4.79 Å². The molecule has 19 heavy (non-hydrogen) atoms. The van der Waals surface area contributed by atoms with Gasteiger partial charge >= 0.3 is 0 Å². The highest BCUT2D eigenvalue weighted by Crippen LogP contribution is 2.14. The monoisotopic (exact) mass is 283 g/mol. The number of nitrogens with one attached hydrogen (secondary N) is 2. The van der Waals surface area contributed by atoms with Crippen LogP contribution in [0.4, 0.5) is 5.69 Å². The van der Waals surface area contributed by atoms with Crippen molar-refractivity contribution in [3.05, 3.63) is 29.8 Å². The molecule has 1 amide bonds. The first kappa shape index (κ1) is 13.8. The number of sulfonamides is 1. The first-order valence-corrected chi connectivity index (χ1v) is 7.71. The quantitative estimate of drug-likeness (QED) is 0.660. The highest BCUT2D eigenvalue weighted by molar-refractivity contribution is 7.88. The van der Waals surface area contributed by atoms with Crippen LogP contribution in [-0.2, 0) is 20.6 Å². The Labute approximate surface area is 112 Å². The first-order chi connectivity index (χ1) is 8.96. The van der Waals surface area contributed by atoms with Crippen molar-refractivity contribution in [3.8, 4) is 0 Å². The predicted octanol–water partition coefficient (Wildman–Crippen LogP) is -0.0332. The molecule has 1 aliphatic rings. The molecule has 1 fully saturated rings. The summed E-state index contributed by atoms with van der Waals surface area (Å²) >= 11 is 0. The van der Waals surface area contributed by atoms with Crippen molar-refractivity contribution < 1.29 is 13.2 Å². The maximum absolute atomic E-state index is 11.9. The number of amides is 1. The Morgan fingerprint density at radius 2 is 2.11 bits per heavy atom. The summed E-state index contributed by atoms with van der Waals surface area (Å²) in [5.74, 6) is -0.183. The van der Waals surface area contributed by atoms with Gasteiger partial charge in [0.05, 0.1) is 5.75 Å². The number of hydrogen-bond acceptors (Lipinski definition) is 4. The van der Waals surface area contributed by atoms with Gasteiger partial charge in [-0.25, -0.2) is 13.1 Å². The number of carbonyl (C=O) groups is 1. The molecule has 1 aromatic rings. The molecule has 0 spiro atoms. The maximum Gasteiger partial charge on any atom is 0.220 e. The molecule has 1 saturated heterocycles. The Hall–Kier alpha value is -1.60. The zero-order chi connectivity index (χ0) is 13.9. The first-order valence-electron chi connectivity index (χ1n) is 6.06. The van der Waals surface area contributed by atoms with E-state index < -0.39 is 10.0 Å². The second kappa shape index (κ2) is 5.58. The van der Waals surface area contributed by atoms with Gasteiger partial charge < -0.3 is 11.1 Å². The Bertz CT molecular complexity index is 571. The molecule has 1 atom stereocenters. The van der Waals surface area contributed by atoms with E-state index in [9.17, 15) is 13.2 Å². The number of nitrogen functional groups attached to an aromatic ring is 1. The lowest BCUT2D eigenvalue weighted by Gasteiger charge is -2.12. The molecule has 1 unspecified atom stereocenters. The summed E-state index contributed by atoms with van der Waals surface area (Å²) in [7, 11) is -3.44. The van der Waals surface area contributed by atoms with E-state index in [1.807, 2.05) is 0 Å². The Kier molecular flexibility index (Phi) is 4.06. The summed E-state index contributed by atoms with van der Waals surface area (Å²) in [6.07, 6.45) is 1.12. The molecule has 2 rings (SSSR count). The number of carbonyl (C=O) groups excluding carboxylic acids is 1. The van der Waals surface area contributed by atoms with Crippen LogP contribution in [0.15, 0.2) is 24.3 Å². The van der Waals surface area contributed by atoms with Crippen molar-refractivity contribution in [2.45, 2.75) is 24.6 Å². The van der Waals surface area contributed by atoms with Crippen molar-refractivity contribution >= 4 is 21.6 Å². The molecule has 0 aliphatic carbocycles. The topological polar surface area (TPSA) is 101 Å². The molecule has 104 valence electrons. The molecule has 1 aromatic carbocycles. The SMILES string of the molecule is Nc1ccccc1CS(=O)(=O)NCC1CCC(=O)N1. The van der Waals surface area contributed by atoms with E-state index in [1.54, 1.807) is 24.3 Å². The lowest BCUT2D eigenvalue weighted by Crippen LogP contribution is -2.38. The van der Waals surface area contributed by atoms with Crippen molar-refractivity contribution in [1.82, 2.24) is 10.0 Å². The summed E-state index contributed by atoms with van der Waals surface area (Å²) in [6.45, 7) is 0.223. The van der Waals surface area contributed by atoms with Crippen LogP contribution in [-0.4, -0.2) is 26.9 Å². The van der Waals surface area contributed by atoms with Gasteiger partial charge in [0.1, 0.15) is 0 Å². The van der Waals surface area contributed by atoms with Crippen molar-refractivity contribution in [1.29, 1.82) is 0 Å². The second-order valence-corrected chi connectivity index (χ2v) is 6.42. The van der Waals surface area contributed by atoms with Crippen LogP contribution in [0.3, 0.4) is 0 Å². The van der Waals surface area contributed by atoms with Crippen LogP contribution >= 0.6 is 0 Å². The van der Waals surface area contributed by atoms with Gasteiger partial charge in [0, 0.05) is 24.7 Å². The van der Waals surface area contributed by atoms with Crippen LogP contribution in [0.1, 0.15) is 18.4 Å². The molecule has 0 aromatic heterocycles. The van der Waals surface area contributed by atoms with E-state index in [2.05, 4.69) is 10.0 Å². The van der Waals surface area contributed by atoms with Gasteiger partial charge in [0.2, 0.25) is 15.9 Å². The van der Waals surface area contributed by atoms with Gasteiger partial charge in [-0.2, -0.15) is 0 Å². The Balaban J connectivity index is 1.92. The molecule has 6 nitrogen and oxygen atoms in total. The summed E-state index contributed by atoms with van der Waals surface area (Å²) in [4.78, 5) is 11.0. The van der Waals surface area contributed by atoms with E-state index in [1.165, 1.54) is 0 Å². The van der Waals surface area contributed by atoms with Gasteiger partial charge in [-0.15, -0.1) is 0 Å². The van der Waals surface area contributed by atoms with Gasteiger partial charge in [0.25, 0.3) is 0 Å². The molecule has 0 radical (unpaired) electrons. The largest absolute Gasteiger partial charge is 0.398 e. The summed E-state index contributed by atoms with van der Waals surface area (Å²) in [5.41, 5.74) is 6.75. The van der Waals surface area contributed by atoms with E-state index >= 15 is 0 Å². The highest BCUT2D eigenvalue weighted by Gasteiger charge is 2.22. The fraction of sp³-hybridized carbons (Fsp3) is 0.417. The van der Waals surface area contributed by atoms with Crippen molar-refractivity contribution in [3.63, 3.8) is 0 Å². The lowest BCUT2D eigenvalue weighted by molar-refractivity contribution is -0.119. The molecule has 1 aliphatic heterocycles. The lowest BCUT2D eigenvalue weighted by atomic mass is 10.2. The Morgan fingerprint density at radius 1 is 1.37 bits per heavy atom. The number of rotatable bonds is 5. The molecule has 0 bridgehead atoms. The fourth-order valence-corrected chi connectivity index (χ4v) is 3.21. The van der Waals surface area contributed by atoms with E-state index in [4.69, 9.17) is 5.73 Å². The predicted molar refractivity (Wildman–Crippen MR) is 72.6 cm³/mol. The molecule has 1 heterocycles.